The normalized spacial score (nSPS) is 15.1. The zero-order chi connectivity index (χ0) is 11.1. The third-order valence-corrected chi connectivity index (χ3v) is 2.95. The number of rotatable bonds is 7. The van der Waals surface area contributed by atoms with E-state index >= 15 is 0 Å². The molecule has 3 nitrogen and oxygen atoms in total. The number of aromatic nitrogens is 2. The molecular weight excluding hydrogens is 188 g/mol. The van der Waals surface area contributed by atoms with Crippen molar-refractivity contribution in [2.24, 2.45) is 5.92 Å². The summed E-state index contributed by atoms with van der Waals surface area (Å²) in [5.74, 6) is 1.30. The molecule has 0 saturated heterocycles. The van der Waals surface area contributed by atoms with Crippen molar-refractivity contribution >= 4 is 0 Å². The van der Waals surface area contributed by atoms with E-state index in [-0.39, 0.29) is 6.10 Å². The van der Waals surface area contributed by atoms with Crippen molar-refractivity contribution in [3.05, 3.63) is 18.2 Å². The number of imidazole rings is 1. The Morgan fingerprint density at radius 1 is 1.47 bits per heavy atom. The predicted octanol–water partition coefficient (Wildman–Crippen LogP) is 2.53. The minimum atomic E-state index is -0.257. The highest BCUT2D eigenvalue weighted by molar-refractivity contribution is 4.90. The minimum absolute atomic E-state index is 0.257. The first-order valence-corrected chi connectivity index (χ1v) is 5.94. The van der Waals surface area contributed by atoms with Crippen LogP contribution in [0.1, 0.15) is 45.4 Å². The van der Waals surface area contributed by atoms with Gasteiger partial charge in [-0.2, -0.15) is 0 Å². The van der Waals surface area contributed by atoms with Gasteiger partial charge in [-0.1, -0.05) is 33.1 Å². The minimum Gasteiger partial charge on any atom is -0.392 e. The Kier molecular flexibility index (Phi) is 5.40. The fraction of sp³-hybridized carbons (Fsp3) is 0.750. The summed E-state index contributed by atoms with van der Waals surface area (Å²) in [5.41, 5.74) is 0. The van der Waals surface area contributed by atoms with Gasteiger partial charge in [-0.25, -0.2) is 4.98 Å². The number of nitrogens with zero attached hydrogens (tertiary/aromatic N) is 1. The van der Waals surface area contributed by atoms with Crippen molar-refractivity contribution in [2.45, 2.75) is 52.1 Å². The van der Waals surface area contributed by atoms with Crippen molar-refractivity contribution < 1.29 is 5.11 Å². The van der Waals surface area contributed by atoms with E-state index in [1.165, 1.54) is 12.8 Å². The molecule has 86 valence electrons. The molecule has 2 atom stereocenters. The van der Waals surface area contributed by atoms with Crippen molar-refractivity contribution in [3.63, 3.8) is 0 Å². The Bertz CT molecular complexity index is 246. The largest absolute Gasteiger partial charge is 0.392 e. The molecule has 0 bridgehead atoms. The van der Waals surface area contributed by atoms with Gasteiger partial charge in [-0.3, -0.25) is 0 Å². The summed E-state index contributed by atoms with van der Waals surface area (Å²) >= 11 is 0. The molecule has 0 aliphatic heterocycles. The molecule has 1 aromatic rings. The predicted molar refractivity (Wildman–Crippen MR) is 61.6 cm³/mol. The van der Waals surface area contributed by atoms with Gasteiger partial charge in [-0.15, -0.1) is 0 Å². The lowest BCUT2D eigenvalue weighted by Crippen LogP contribution is -2.23. The van der Waals surface area contributed by atoms with Gasteiger partial charge in [0.15, 0.2) is 0 Å². The smallest absolute Gasteiger partial charge is 0.108 e. The molecule has 0 spiro atoms. The van der Waals surface area contributed by atoms with Gasteiger partial charge in [0, 0.05) is 18.8 Å². The number of aliphatic hydroxyl groups excluding tert-OH is 1. The van der Waals surface area contributed by atoms with Crippen LogP contribution in [0.2, 0.25) is 0 Å². The first-order valence-electron chi connectivity index (χ1n) is 5.94. The standard InChI is InChI=1S/C12H22N2O/c1-3-5-6-10(4-2)11(15)9-12-13-7-8-14-12/h7-8,10-11,15H,3-6,9H2,1-2H3,(H,13,14). The molecule has 0 amide bonds. The molecule has 2 N–H and O–H groups in total. The Hall–Kier alpha value is -0.830. The molecule has 0 aliphatic carbocycles. The van der Waals surface area contributed by atoms with Gasteiger partial charge >= 0.3 is 0 Å². The highest BCUT2D eigenvalue weighted by atomic mass is 16.3. The van der Waals surface area contributed by atoms with Crippen LogP contribution in [0.25, 0.3) is 0 Å². The summed E-state index contributed by atoms with van der Waals surface area (Å²) in [6.07, 6.45) is 8.49. The van der Waals surface area contributed by atoms with Crippen LogP contribution in [0, 0.1) is 5.92 Å². The zero-order valence-corrected chi connectivity index (χ0v) is 9.74. The molecule has 1 rings (SSSR count). The van der Waals surface area contributed by atoms with Crippen LogP contribution >= 0.6 is 0 Å². The molecule has 1 heterocycles. The zero-order valence-electron chi connectivity index (χ0n) is 9.74. The van der Waals surface area contributed by atoms with Gasteiger partial charge in [0.1, 0.15) is 5.82 Å². The molecule has 15 heavy (non-hydrogen) atoms. The second kappa shape index (κ2) is 6.62. The Morgan fingerprint density at radius 2 is 2.27 bits per heavy atom. The van der Waals surface area contributed by atoms with Crippen molar-refractivity contribution in [2.75, 3.05) is 0 Å². The van der Waals surface area contributed by atoms with E-state index in [1.54, 1.807) is 12.4 Å². The number of aromatic amines is 1. The highest BCUT2D eigenvalue weighted by Gasteiger charge is 2.17. The molecule has 1 aromatic heterocycles. The Labute approximate surface area is 91.9 Å². The third kappa shape index (κ3) is 4.04. The van der Waals surface area contributed by atoms with Crippen LogP contribution in [0.5, 0.6) is 0 Å². The molecule has 2 unspecified atom stereocenters. The van der Waals surface area contributed by atoms with E-state index in [4.69, 9.17) is 0 Å². The van der Waals surface area contributed by atoms with Gasteiger partial charge < -0.3 is 10.1 Å². The molecule has 0 aliphatic rings. The number of unbranched alkanes of at least 4 members (excludes halogenated alkanes) is 1. The van der Waals surface area contributed by atoms with Gasteiger partial charge in [0.25, 0.3) is 0 Å². The number of hydrogen-bond acceptors (Lipinski definition) is 2. The Balaban J connectivity index is 2.39. The SMILES string of the molecule is CCCCC(CC)C(O)Cc1ncc[nH]1. The lowest BCUT2D eigenvalue weighted by atomic mass is 9.91. The van der Waals surface area contributed by atoms with E-state index in [9.17, 15) is 5.11 Å². The van der Waals surface area contributed by atoms with Crippen LogP contribution in [0.15, 0.2) is 12.4 Å². The third-order valence-electron chi connectivity index (χ3n) is 2.95. The first kappa shape index (κ1) is 12.2. The highest BCUT2D eigenvalue weighted by Crippen LogP contribution is 2.18. The fourth-order valence-electron chi connectivity index (χ4n) is 1.91. The summed E-state index contributed by atoms with van der Waals surface area (Å²) in [6.45, 7) is 4.33. The number of H-pyrrole nitrogens is 1. The van der Waals surface area contributed by atoms with E-state index in [1.807, 2.05) is 0 Å². The maximum absolute atomic E-state index is 10.0. The van der Waals surface area contributed by atoms with Crippen LogP contribution < -0.4 is 0 Å². The summed E-state index contributed by atoms with van der Waals surface area (Å²) in [5, 5.41) is 10.0. The first-order chi connectivity index (χ1) is 7.27. The summed E-state index contributed by atoms with van der Waals surface area (Å²) in [4.78, 5) is 7.17. The van der Waals surface area contributed by atoms with E-state index in [2.05, 4.69) is 23.8 Å². The maximum atomic E-state index is 10.0. The number of aliphatic hydroxyl groups is 1. The average Bonchev–Trinajstić information content (AvgIpc) is 2.71. The fourth-order valence-corrected chi connectivity index (χ4v) is 1.91. The van der Waals surface area contributed by atoms with Crippen molar-refractivity contribution in [1.29, 1.82) is 0 Å². The Morgan fingerprint density at radius 3 is 2.80 bits per heavy atom. The second-order valence-electron chi connectivity index (χ2n) is 4.12. The molecule has 3 heteroatoms. The number of nitrogens with one attached hydrogen (secondary N) is 1. The molecule has 0 fully saturated rings. The van der Waals surface area contributed by atoms with E-state index in [0.717, 1.165) is 18.7 Å². The number of hydrogen-bond donors (Lipinski definition) is 2. The monoisotopic (exact) mass is 210 g/mol. The summed E-state index contributed by atoms with van der Waals surface area (Å²) in [6, 6.07) is 0. The van der Waals surface area contributed by atoms with Gasteiger partial charge in [-0.05, 0) is 12.3 Å². The average molecular weight is 210 g/mol. The quantitative estimate of drug-likeness (QED) is 0.726. The second-order valence-corrected chi connectivity index (χ2v) is 4.12. The van der Waals surface area contributed by atoms with E-state index in [0.29, 0.717) is 12.3 Å². The van der Waals surface area contributed by atoms with Gasteiger partial charge in [0.2, 0.25) is 0 Å². The van der Waals surface area contributed by atoms with Crippen LogP contribution in [0.4, 0.5) is 0 Å². The lowest BCUT2D eigenvalue weighted by Gasteiger charge is -2.20. The maximum Gasteiger partial charge on any atom is 0.108 e. The topological polar surface area (TPSA) is 48.9 Å². The van der Waals surface area contributed by atoms with Crippen LogP contribution in [-0.2, 0) is 6.42 Å². The summed E-state index contributed by atoms with van der Waals surface area (Å²) in [7, 11) is 0. The van der Waals surface area contributed by atoms with Crippen molar-refractivity contribution in [3.8, 4) is 0 Å². The van der Waals surface area contributed by atoms with Gasteiger partial charge in [0.05, 0.1) is 6.10 Å². The molecular formula is C12H22N2O. The lowest BCUT2D eigenvalue weighted by molar-refractivity contribution is 0.0970. The molecule has 0 aromatic carbocycles. The van der Waals surface area contributed by atoms with Crippen molar-refractivity contribution in [1.82, 2.24) is 9.97 Å². The molecule has 0 radical (unpaired) electrons. The summed E-state index contributed by atoms with van der Waals surface area (Å²) < 4.78 is 0. The van der Waals surface area contributed by atoms with E-state index < -0.39 is 0 Å². The van der Waals surface area contributed by atoms with Crippen LogP contribution in [-0.4, -0.2) is 21.2 Å². The molecule has 0 saturated carbocycles. The van der Waals surface area contributed by atoms with Crippen LogP contribution in [0.3, 0.4) is 0 Å².